The second-order valence-electron chi connectivity index (χ2n) is 4.55. The topological polar surface area (TPSA) is 79.3 Å². The molecule has 106 valence electrons. The average molecular weight is 292 g/mol. The van der Waals surface area contributed by atoms with Gasteiger partial charge in [-0.05, 0) is 43.2 Å². The minimum Gasteiger partial charge on any atom is -0.392 e. The molecule has 0 aliphatic carbocycles. The number of aliphatic hydroxyl groups is 1. The highest BCUT2D eigenvalue weighted by Crippen LogP contribution is 2.20. The van der Waals surface area contributed by atoms with Crippen LogP contribution in [-0.4, -0.2) is 18.5 Å². The average Bonchev–Trinajstić information content (AvgIpc) is 2.41. The van der Waals surface area contributed by atoms with Crippen molar-refractivity contribution in [2.45, 2.75) is 25.3 Å². The molecule has 0 spiro atoms. The van der Waals surface area contributed by atoms with Crippen LogP contribution in [0, 0.1) is 13.8 Å². The van der Waals surface area contributed by atoms with Crippen LogP contribution in [0.25, 0.3) is 0 Å². The number of aryl methyl sites for hydroxylation is 2. The highest BCUT2D eigenvalue weighted by atomic mass is 32.2. The van der Waals surface area contributed by atoms with Crippen LogP contribution in [0.2, 0.25) is 0 Å². The van der Waals surface area contributed by atoms with Gasteiger partial charge in [-0.25, -0.2) is 8.42 Å². The third kappa shape index (κ3) is 3.15. The molecule has 0 unspecified atom stereocenters. The molecule has 0 fully saturated rings. The third-order valence-electron chi connectivity index (χ3n) is 2.89. The zero-order valence-corrected chi connectivity index (χ0v) is 12.1. The fourth-order valence-corrected chi connectivity index (χ4v) is 3.11. The second-order valence-corrected chi connectivity index (χ2v) is 6.20. The van der Waals surface area contributed by atoms with E-state index in [0.717, 1.165) is 5.69 Å². The standard InChI is InChI=1S/C14H16N2O3S/c1-10-3-5-12(9-17)7-14(10)20(18,19)16-13-6-4-11(2)15-8-13/h3-8,16-17H,9H2,1-2H3. The number of nitrogens with one attached hydrogen (secondary N) is 1. The van der Waals surface area contributed by atoms with E-state index in [2.05, 4.69) is 9.71 Å². The number of sulfonamides is 1. The maximum Gasteiger partial charge on any atom is 0.262 e. The van der Waals surface area contributed by atoms with Gasteiger partial charge in [0.2, 0.25) is 0 Å². The minimum absolute atomic E-state index is 0.157. The molecule has 0 radical (unpaired) electrons. The first kappa shape index (κ1) is 14.5. The van der Waals surface area contributed by atoms with Gasteiger partial charge in [-0.1, -0.05) is 12.1 Å². The van der Waals surface area contributed by atoms with Crippen molar-refractivity contribution in [2.24, 2.45) is 0 Å². The number of aromatic nitrogens is 1. The van der Waals surface area contributed by atoms with E-state index < -0.39 is 10.0 Å². The molecular weight excluding hydrogens is 276 g/mol. The summed E-state index contributed by atoms with van der Waals surface area (Å²) in [6.45, 7) is 3.34. The summed E-state index contributed by atoms with van der Waals surface area (Å²) in [5, 5.41) is 9.11. The Labute approximate surface area is 118 Å². The van der Waals surface area contributed by atoms with E-state index >= 15 is 0 Å². The maximum absolute atomic E-state index is 12.4. The van der Waals surface area contributed by atoms with Crippen LogP contribution in [0.1, 0.15) is 16.8 Å². The number of anilines is 1. The predicted octanol–water partition coefficient (Wildman–Crippen LogP) is 1.99. The molecule has 0 aliphatic heterocycles. The van der Waals surface area contributed by atoms with Crippen molar-refractivity contribution >= 4 is 15.7 Å². The Morgan fingerprint density at radius 2 is 1.95 bits per heavy atom. The smallest absolute Gasteiger partial charge is 0.262 e. The zero-order valence-electron chi connectivity index (χ0n) is 11.3. The van der Waals surface area contributed by atoms with Crippen LogP contribution in [0.4, 0.5) is 5.69 Å². The molecular formula is C14H16N2O3S. The van der Waals surface area contributed by atoms with Crippen LogP contribution in [0.5, 0.6) is 0 Å². The molecule has 0 saturated carbocycles. The summed E-state index contributed by atoms with van der Waals surface area (Å²) in [4.78, 5) is 4.20. The Kier molecular flexibility index (Phi) is 4.06. The molecule has 0 atom stereocenters. The number of benzene rings is 1. The molecule has 0 aliphatic rings. The van der Waals surface area contributed by atoms with Crippen LogP contribution < -0.4 is 4.72 Å². The van der Waals surface area contributed by atoms with E-state index in [-0.39, 0.29) is 11.5 Å². The molecule has 20 heavy (non-hydrogen) atoms. The van der Waals surface area contributed by atoms with Gasteiger partial charge in [0.15, 0.2) is 0 Å². The first-order valence-corrected chi connectivity index (χ1v) is 7.56. The molecule has 2 aromatic rings. The monoisotopic (exact) mass is 292 g/mol. The van der Waals surface area contributed by atoms with Gasteiger partial charge >= 0.3 is 0 Å². The van der Waals surface area contributed by atoms with E-state index in [0.29, 0.717) is 16.8 Å². The minimum atomic E-state index is -3.69. The molecule has 0 bridgehead atoms. The van der Waals surface area contributed by atoms with Crippen molar-refractivity contribution < 1.29 is 13.5 Å². The second kappa shape index (κ2) is 5.60. The Hall–Kier alpha value is -1.92. The van der Waals surface area contributed by atoms with Gasteiger partial charge in [0.1, 0.15) is 0 Å². The SMILES string of the molecule is Cc1ccc(NS(=O)(=O)c2cc(CO)ccc2C)cn1. The molecule has 2 N–H and O–H groups in total. The van der Waals surface area contributed by atoms with Gasteiger partial charge in [-0.3, -0.25) is 9.71 Å². The number of hydrogen-bond donors (Lipinski definition) is 2. The number of pyridine rings is 1. The lowest BCUT2D eigenvalue weighted by Crippen LogP contribution is -2.14. The molecule has 1 heterocycles. The molecule has 5 nitrogen and oxygen atoms in total. The third-order valence-corrected chi connectivity index (χ3v) is 4.41. The highest BCUT2D eigenvalue weighted by molar-refractivity contribution is 7.92. The van der Waals surface area contributed by atoms with E-state index in [1.165, 1.54) is 12.3 Å². The Bertz CT molecular complexity index is 710. The Balaban J connectivity index is 2.37. The van der Waals surface area contributed by atoms with Gasteiger partial charge in [-0.15, -0.1) is 0 Å². The Morgan fingerprint density at radius 3 is 2.55 bits per heavy atom. The molecule has 1 aromatic carbocycles. The summed E-state index contributed by atoms with van der Waals surface area (Å²) in [5.41, 5.74) is 2.39. The number of hydrogen-bond acceptors (Lipinski definition) is 4. The first-order valence-electron chi connectivity index (χ1n) is 6.08. The van der Waals surface area contributed by atoms with Gasteiger partial charge < -0.3 is 5.11 Å². The van der Waals surface area contributed by atoms with Crippen molar-refractivity contribution in [1.29, 1.82) is 0 Å². The lowest BCUT2D eigenvalue weighted by Gasteiger charge is -2.11. The van der Waals surface area contributed by atoms with Crippen LogP contribution in [0.15, 0.2) is 41.4 Å². The summed E-state index contributed by atoms with van der Waals surface area (Å²) in [5.74, 6) is 0. The van der Waals surface area contributed by atoms with E-state index in [9.17, 15) is 8.42 Å². The summed E-state index contributed by atoms with van der Waals surface area (Å²) >= 11 is 0. The Morgan fingerprint density at radius 1 is 1.20 bits per heavy atom. The van der Waals surface area contributed by atoms with Gasteiger partial charge in [0, 0.05) is 5.69 Å². The normalized spacial score (nSPS) is 11.3. The van der Waals surface area contributed by atoms with E-state index in [4.69, 9.17) is 5.11 Å². The number of nitrogens with zero attached hydrogens (tertiary/aromatic N) is 1. The summed E-state index contributed by atoms with van der Waals surface area (Å²) < 4.78 is 27.2. The molecule has 6 heteroatoms. The lowest BCUT2D eigenvalue weighted by molar-refractivity contribution is 0.281. The van der Waals surface area contributed by atoms with Crippen LogP contribution in [-0.2, 0) is 16.6 Å². The molecule has 2 rings (SSSR count). The summed E-state index contributed by atoms with van der Waals surface area (Å²) in [6, 6.07) is 8.23. The fraction of sp³-hybridized carbons (Fsp3) is 0.214. The molecule has 0 saturated heterocycles. The maximum atomic E-state index is 12.4. The van der Waals surface area contributed by atoms with Gasteiger partial charge in [0.05, 0.1) is 23.4 Å². The highest BCUT2D eigenvalue weighted by Gasteiger charge is 2.17. The van der Waals surface area contributed by atoms with Gasteiger partial charge in [-0.2, -0.15) is 0 Å². The zero-order chi connectivity index (χ0) is 14.8. The van der Waals surface area contributed by atoms with E-state index in [1.807, 2.05) is 6.92 Å². The lowest BCUT2D eigenvalue weighted by atomic mass is 10.2. The molecule has 0 amide bonds. The summed E-state index contributed by atoms with van der Waals surface area (Å²) in [7, 11) is -3.69. The van der Waals surface area contributed by atoms with Crippen molar-refractivity contribution in [3.63, 3.8) is 0 Å². The van der Waals surface area contributed by atoms with Crippen molar-refractivity contribution in [2.75, 3.05) is 4.72 Å². The van der Waals surface area contributed by atoms with Crippen molar-refractivity contribution in [3.8, 4) is 0 Å². The largest absolute Gasteiger partial charge is 0.392 e. The summed E-state index contributed by atoms with van der Waals surface area (Å²) in [6.07, 6.45) is 1.47. The first-order chi connectivity index (χ1) is 9.42. The quantitative estimate of drug-likeness (QED) is 0.903. The van der Waals surface area contributed by atoms with Crippen molar-refractivity contribution in [1.82, 2.24) is 4.98 Å². The van der Waals surface area contributed by atoms with Crippen LogP contribution >= 0.6 is 0 Å². The van der Waals surface area contributed by atoms with E-state index in [1.54, 1.807) is 31.2 Å². The number of aliphatic hydroxyl groups excluding tert-OH is 1. The number of rotatable bonds is 4. The molecule has 1 aromatic heterocycles. The van der Waals surface area contributed by atoms with Crippen molar-refractivity contribution in [3.05, 3.63) is 53.3 Å². The fourth-order valence-electron chi connectivity index (χ4n) is 1.77. The predicted molar refractivity (Wildman–Crippen MR) is 76.9 cm³/mol. The van der Waals surface area contributed by atoms with Gasteiger partial charge in [0.25, 0.3) is 10.0 Å². The van der Waals surface area contributed by atoms with Crippen LogP contribution in [0.3, 0.4) is 0 Å².